The van der Waals surface area contributed by atoms with Gasteiger partial charge in [-0.2, -0.15) is 0 Å². The summed E-state index contributed by atoms with van der Waals surface area (Å²) in [6.07, 6.45) is 0. The van der Waals surface area contributed by atoms with E-state index in [1.165, 1.54) is 6.07 Å². The van der Waals surface area contributed by atoms with E-state index in [0.717, 1.165) is 24.3 Å². The highest BCUT2D eigenvalue weighted by Crippen LogP contribution is 2.36. The highest BCUT2D eigenvalue weighted by molar-refractivity contribution is 7.91. The van der Waals surface area contributed by atoms with E-state index in [1.54, 1.807) is 0 Å². The van der Waals surface area contributed by atoms with Crippen molar-refractivity contribution < 1.29 is 23.4 Å². The lowest BCUT2D eigenvalue weighted by molar-refractivity contribution is -0.396. The molecule has 0 aromatic heterocycles. The fourth-order valence-electron chi connectivity index (χ4n) is 1.83. The molecule has 120 valence electrons. The molecule has 1 N–H and O–H groups in total. The smallest absolute Gasteiger partial charge is 0.295 e. The van der Waals surface area contributed by atoms with Crippen LogP contribution in [0, 0.1) is 20.2 Å². The molecule has 2 aromatic carbocycles. The maximum Gasteiger partial charge on any atom is 0.295 e. The molecular weight excluding hydrogens is 352 g/mol. The lowest BCUT2D eigenvalue weighted by Gasteiger charge is -2.07. The van der Waals surface area contributed by atoms with Gasteiger partial charge >= 0.3 is 0 Å². The van der Waals surface area contributed by atoms with Crippen molar-refractivity contribution in [3.63, 3.8) is 0 Å². The quantitative estimate of drug-likeness (QED) is 0.654. The summed E-state index contributed by atoms with van der Waals surface area (Å²) in [5.74, 6) is -0.690. The molecule has 0 aliphatic rings. The third-order valence-electron chi connectivity index (χ3n) is 2.85. The molecule has 0 fully saturated rings. The SMILES string of the molecule is O=[N+]([O-])c1ccc(S(=O)(=O)c2ccc(Cl)cc2O)c([N+](=O)[O-])c1. The number of phenols is 1. The summed E-state index contributed by atoms with van der Waals surface area (Å²) in [6.45, 7) is 0. The zero-order chi connectivity index (χ0) is 17.4. The first kappa shape index (κ1) is 16.6. The summed E-state index contributed by atoms with van der Waals surface area (Å²) in [4.78, 5) is 18.4. The van der Waals surface area contributed by atoms with E-state index in [9.17, 15) is 33.8 Å². The lowest BCUT2D eigenvalue weighted by Crippen LogP contribution is -2.06. The maximum absolute atomic E-state index is 12.5. The first-order valence-corrected chi connectivity index (χ1v) is 7.67. The topological polar surface area (TPSA) is 141 Å². The number of non-ortho nitro benzene ring substituents is 1. The van der Waals surface area contributed by atoms with Crippen LogP contribution >= 0.6 is 11.6 Å². The summed E-state index contributed by atoms with van der Waals surface area (Å²) in [5.41, 5.74) is -1.59. The normalized spacial score (nSPS) is 11.2. The molecule has 0 unspecified atom stereocenters. The van der Waals surface area contributed by atoms with Gasteiger partial charge in [0.05, 0.1) is 15.9 Å². The van der Waals surface area contributed by atoms with Gasteiger partial charge in [0.25, 0.3) is 11.4 Å². The van der Waals surface area contributed by atoms with E-state index in [4.69, 9.17) is 11.6 Å². The van der Waals surface area contributed by atoms with Crippen LogP contribution in [0.25, 0.3) is 0 Å². The highest BCUT2D eigenvalue weighted by Gasteiger charge is 2.31. The van der Waals surface area contributed by atoms with Crippen molar-refractivity contribution in [2.24, 2.45) is 0 Å². The molecule has 2 aromatic rings. The Morgan fingerprint density at radius 2 is 1.57 bits per heavy atom. The van der Waals surface area contributed by atoms with Crippen LogP contribution in [0.4, 0.5) is 11.4 Å². The second-order valence-corrected chi connectivity index (χ2v) is 6.60. The molecule has 0 bridgehead atoms. The van der Waals surface area contributed by atoms with E-state index in [0.29, 0.717) is 6.07 Å². The third kappa shape index (κ3) is 3.07. The van der Waals surface area contributed by atoms with Gasteiger partial charge in [-0.25, -0.2) is 8.42 Å². The number of phenolic OH excluding ortho intramolecular Hbond substituents is 1. The summed E-state index contributed by atoms with van der Waals surface area (Å²) in [6, 6.07) is 5.25. The molecule has 0 radical (unpaired) electrons. The minimum absolute atomic E-state index is 0.0691. The standard InChI is InChI=1S/C12H7ClN2O7S/c13-7-1-3-12(10(16)5-7)23(21,22)11-4-2-8(14(17)18)6-9(11)15(19)20/h1-6,16H. The van der Waals surface area contributed by atoms with Crippen LogP contribution < -0.4 is 0 Å². The van der Waals surface area contributed by atoms with Crippen LogP contribution in [-0.4, -0.2) is 23.4 Å². The van der Waals surface area contributed by atoms with Gasteiger partial charge < -0.3 is 5.11 Å². The Kier molecular flexibility index (Phi) is 4.21. The minimum atomic E-state index is -4.48. The molecule has 0 amide bonds. The number of hydrogen-bond acceptors (Lipinski definition) is 7. The summed E-state index contributed by atoms with van der Waals surface area (Å²) < 4.78 is 25.0. The van der Waals surface area contributed by atoms with Crippen LogP contribution in [-0.2, 0) is 9.84 Å². The Bertz CT molecular complexity index is 927. The molecule has 2 rings (SSSR count). The first-order chi connectivity index (χ1) is 10.6. The molecule has 23 heavy (non-hydrogen) atoms. The molecular formula is C12H7ClN2O7S. The molecule has 0 saturated carbocycles. The summed E-state index contributed by atoms with van der Waals surface area (Å²) >= 11 is 5.61. The Balaban J connectivity index is 2.73. The van der Waals surface area contributed by atoms with Gasteiger partial charge in [-0.1, -0.05) is 11.6 Å². The van der Waals surface area contributed by atoms with Crippen molar-refractivity contribution in [2.75, 3.05) is 0 Å². The molecule has 9 nitrogen and oxygen atoms in total. The van der Waals surface area contributed by atoms with Crippen molar-refractivity contribution in [2.45, 2.75) is 9.79 Å². The number of halogens is 1. The Hall–Kier alpha value is -2.72. The first-order valence-electron chi connectivity index (χ1n) is 5.81. The molecule has 0 atom stereocenters. The average Bonchev–Trinajstić information content (AvgIpc) is 2.45. The van der Waals surface area contributed by atoms with Crippen molar-refractivity contribution in [1.82, 2.24) is 0 Å². The Morgan fingerprint density at radius 1 is 0.957 bits per heavy atom. The number of benzene rings is 2. The number of rotatable bonds is 4. The van der Waals surface area contributed by atoms with Crippen LogP contribution in [0.2, 0.25) is 5.02 Å². The minimum Gasteiger partial charge on any atom is -0.507 e. The highest BCUT2D eigenvalue weighted by atomic mass is 35.5. The van der Waals surface area contributed by atoms with E-state index >= 15 is 0 Å². The average molecular weight is 359 g/mol. The van der Waals surface area contributed by atoms with Gasteiger partial charge in [0.15, 0.2) is 0 Å². The third-order valence-corrected chi connectivity index (χ3v) is 4.93. The molecule has 11 heteroatoms. The van der Waals surface area contributed by atoms with E-state index in [1.807, 2.05) is 0 Å². The fraction of sp³-hybridized carbons (Fsp3) is 0. The van der Waals surface area contributed by atoms with Gasteiger partial charge in [0.1, 0.15) is 15.5 Å². The fourth-order valence-corrected chi connectivity index (χ4v) is 3.47. The second kappa shape index (κ2) is 5.82. The number of sulfone groups is 1. The zero-order valence-corrected chi connectivity index (χ0v) is 12.6. The van der Waals surface area contributed by atoms with Crippen LogP contribution in [0.3, 0.4) is 0 Å². The van der Waals surface area contributed by atoms with E-state index in [-0.39, 0.29) is 5.02 Å². The second-order valence-electron chi connectivity index (χ2n) is 4.28. The monoisotopic (exact) mass is 358 g/mol. The predicted octanol–water partition coefficient (Wildman–Crippen LogP) is 2.69. The van der Waals surface area contributed by atoms with E-state index < -0.39 is 46.6 Å². The van der Waals surface area contributed by atoms with E-state index in [2.05, 4.69) is 0 Å². The zero-order valence-electron chi connectivity index (χ0n) is 11.0. The van der Waals surface area contributed by atoms with Gasteiger partial charge in [0.2, 0.25) is 9.84 Å². The Morgan fingerprint density at radius 3 is 2.09 bits per heavy atom. The van der Waals surface area contributed by atoms with Crippen molar-refractivity contribution in [3.8, 4) is 5.75 Å². The van der Waals surface area contributed by atoms with Crippen molar-refractivity contribution in [1.29, 1.82) is 0 Å². The van der Waals surface area contributed by atoms with Crippen LogP contribution in [0.5, 0.6) is 5.75 Å². The largest absolute Gasteiger partial charge is 0.507 e. The number of aromatic hydroxyl groups is 1. The lowest BCUT2D eigenvalue weighted by atomic mass is 10.3. The van der Waals surface area contributed by atoms with Gasteiger partial charge in [-0.15, -0.1) is 0 Å². The van der Waals surface area contributed by atoms with Crippen LogP contribution in [0.1, 0.15) is 0 Å². The number of nitro groups is 2. The molecule has 0 heterocycles. The number of nitro benzene ring substituents is 2. The van der Waals surface area contributed by atoms with Gasteiger partial charge in [-0.3, -0.25) is 20.2 Å². The molecule has 0 aliphatic heterocycles. The maximum atomic E-state index is 12.5. The van der Waals surface area contributed by atoms with Crippen LogP contribution in [0.15, 0.2) is 46.2 Å². The summed E-state index contributed by atoms with van der Waals surface area (Å²) in [5, 5.41) is 31.5. The predicted molar refractivity (Wildman–Crippen MR) is 78.3 cm³/mol. The summed E-state index contributed by atoms with van der Waals surface area (Å²) in [7, 11) is -4.48. The number of nitrogens with zero attached hydrogens (tertiary/aromatic N) is 2. The molecule has 0 aliphatic carbocycles. The Labute approximate surface area is 134 Å². The van der Waals surface area contributed by atoms with Crippen molar-refractivity contribution >= 4 is 32.8 Å². The van der Waals surface area contributed by atoms with Crippen molar-refractivity contribution in [3.05, 3.63) is 61.6 Å². The molecule has 0 saturated heterocycles. The van der Waals surface area contributed by atoms with Gasteiger partial charge in [-0.05, 0) is 24.3 Å². The van der Waals surface area contributed by atoms with Gasteiger partial charge in [0, 0.05) is 11.1 Å². The molecule has 0 spiro atoms. The number of hydrogen-bond donors (Lipinski definition) is 1.